The minimum Gasteiger partial charge on any atom is -0.351 e. The molecular formula is C17H26N4O. The number of likely N-dealkylation sites (tertiary alicyclic amines) is 1. The number of nitrogens with zero attached hydrogens (tertiary/aromatic N) is 2. The Balaban J connectivity index is 1.56. The van der Waals surface area contributed by atoms with Gasteiger partial charge in [0.2, 0.25) is 5.91 Å². The minimum absolute atomic E-state index is 0.0611. The van der Waals surface area contributed by atoms with E-state index in [1.54, 1.807) is 6.20 Å². The standard InChI is InChI=1S/C17H26N4O/c1-13-11-14(4-9-19-13)12-20-17(22)16-3-2-10-21(16)15-5-7-18-8-6-15/h4,9,11,15-16,18H,2-3,5-8,10,12H2,1H3,(H,20,22). The molecule has 1 aromatic heterocycles. The molecular weight excluding hydrogens is 276 g/mol. The van der Waals surface area contributed by atoms with Crippen molar-refractivity contribution in [3.63, 3.8) is 0 Å². The summed E-state index contributed by atoms with van der Waals surface area (Å²) in [6, 6.07) is 4.63. The summed E-state index contributed by atoms with van der Waals surface area (Å²) in [6.07, 6.45) is 6.25. The van der Waals surface area contributed by atoms with Crippen LogP contribution in [-0.2, 0) is 11.3 Å². The van der Waals surface area contributed by atoms with Gasteiger partial charge in [0.1, 0.15) is 0 Å². The summed E-state index contributed by atoms with van der Waals surface area (Å²) in [4.78, 5) is 19.2. The first kappa shape index (κ1) is 15.4. The zero-order chi connectivity index (χ0) is 15.4. The topological polar surface area (TPSA) is 57.3 Å². The Morgan fingerprint density at radius 3 is 3.00 bits per heavy atom. The van der Waals surface area contributed by atoms with Gasteiger partial charge in [-0.1, -0.05) is 0 Å². The molecule has 1 aromatic rings. The maximum Gasteiger partial charge on any atom is 0.237 e. The summed E-state index contributed by atoms with van der Waals surface area (Å²) < 4.78 is 0. The number of nitrogens with one attached hydrogen (secondary N) is 2. The van der Waals surface area contributed by atoms with Crippen LogP contribution >= 0.6 is 0 Å². The normalized spacial score (nSPS) is 23.6. The monoisotopic (exact) mass is 302 g/mol. The summed E-state index contributed by atoms with van der Waals surface area (Å²) in [6.45, 7) is 5.79. The third kappa shape index (κ3) is 3.65. The molecule has 0 aromatic carbocycles. The molecule has 0 bridgehead atoms. The summed E-state index contributed by atoms with van der Waals surface area (Å²) in [7, 11) is 0. The van der Waals surface area contributed by atoms with Gasteiger partial charge < -0.3 is 10.6 Å². The van der Waals surface area contributed by atoms with Crippen LogP contribution in [0.4, 0.5) is 0 Å². The van der Waals surface area contributed by atoms with Crippen molar-refractivity contribution in [2.75, 3.05) is 19.6 Å². The van der Waals surface area contributed by atoms with Crippen LogP contribution in [0.5, 0.6) is 0 Å². The number of amides is 1. The molecule has 2 N–H and O–H groups in total. The van der Waals surface area contributed by atoms with Gasteiger partial charge in [-0.05, 0) is 69.9 Å². The van der Waals surface area contributed by atoms with E-state index in [0.717, 1.165) is 56.6 Å². The second-order valence-electron chi connectivity index (χ2n) is 6.40. The molecule has 2 aliphatic heterocycles. The van der Waals surface area contributed by atoms with E-state index >= 15 is 0 Å². The molecule has 1 atom stereocenters. The number of carbonyl (C=O) groups is 1. The van der Waals surface area contributed by atoms with Gasteiger partial charge in [0.05, 0.1) is 6.04 Å². The van der Waals surface area contributed by atoms with E-state index in [1.807, 2.05) is 19.1 Å². The maximum atomic E-state index is 12.6. The SMILES string of the molecule is Cc1cc(CNC(=O)C2CCCN2C2CCNCC2)ccn1. The molecule has 0 radical (unpaired) electrons. The van der Waals surface area contributed by atoms with Crippen LogP contribution < -0.4 is 10.6 Å². The first-order valence-electron chi connectivity index (χ1n) is 8.40. The van der Waals surface area contributed by atoms with Crippen LogP contribution in [0.2, 0.25) is 0 Å². The molecule has 2 fully saturated rings. The van der Waals surface area contributed by atoms with E-state index in [1.165, 1.54) is 0 Å². The number of hydrogen-bond acceptors (Lipinski definition) is 4. The molecule has 120 valence electrons. The predicted molar refractivity (Wildman–Crippen MR) is 86.4 cm³/mol. The molecule has 3 rings (SSSR count). The molecule has 2 saturated heterocycles. The lowest BCUT2D eigenvalue weighted by molar-refractivity contribution is -0.126. The number of rotatable bonds is 4. The zero-order valence-electron chi connectivity index (χ0n) is 13.3. The van der Waals surface area contributed by atoms with Crippen LogP contribution in [-0.4, -0.2) is 47.5 Å². The minimum atomic E-state index is 0.0611. The van der Waals surface area contributed by atoms with Crippen LogP contribution in [0.15, 0.2) is 18.3 Å². The maximum absolute atomic E-state index is 12.6. The van der Waals surface area contributed by atoms with Crippen molar-refractivity contribution in [2.45, 2.75) is 51.2 Å². The van der Waals surface area contributed by atoms with Crippen LogP contribution in [0.3, 0.4) is 0 Å². The largest absolute Gasteiger partial charge is 0.351 e. The van der Waals surface area contributed by atoms with Gasteiger partial charge >= 0.3 is 0 Å². The van der Waals surface area contributed by atoms with Crippen molar-refractivity contribution >= 4 is 5.91 Å². The lowest BCUT2D eigenvalue weighted by Gasteiger charge is -2.35. The Kier molecular flexibility index (Phi) is 5.05. The smallest absolute Gasteiger partial charge is 0.237 e. The first-order valence-corrected chi connectivity index (χ1v) is 8.40. The van der Waals surface area contributed by atoms with Crippen LogP contribution in [0.25, 0.3) is 0 Å². The molecule has 3 heterocycles. The molecule has 5 heteroatoms. The van der Waals surface area contributed by atoms with Crippen LogP contribution in [0.1, 0.15) is 36.9 Å². The van der Waals surface area contributed by atoms with Gasteiger partial charge in [0.15, 0.2) is 0 Å². The second-order valence-corrected chi connectivity index (χ2v) is 6.40. The Morgan fingerprint density at radius 1 is 1.41 bits per heavy atom. The fourth-order valence-electron chi connectivity index (χ4n) is 3.67. The van der Waals surface area contributed by atoms with Gasteiger partial charge in [0.25, 0.3) is 0 Å². The molecule has 0 saturated carbocycles. The second kappa shape index (κ2) is 7.20. The summed E-state index contributed by atoms with van der Waals surface area (Å²) in [5, 5.41) is 6.51. The predicted octanol–water partition coefficient (Wildman–Crippen LogP) is 1.22. The molecule has 1 amide bonds. The summed E-state index contributed by atoms with van der Waals surface area (Å²) in [5.41, 5.74) is 2.11. The van der Waals surface area contributed by atoms with Crippen molar-refractivity contribution in [1.82, 2.24) is 20.5 Å². The first-order chi connectivity index (χ1) is 10.7. The highest BCUT2D eigenvalue weighted by Crippen LogP contribution is 2.24. The molecule has 5 nitrogen and oxygen atoms in total. The lowest BCUT2D eigenvalue weighted by atomic mass is 10.0. The molecule has 22 heavy (non-hydrogen) atoms. The quantitative estimate of drug-likeness (QED) is 0.878. The Labute approximate surface area is 132 Å². The van der Waals surface area contributed by atoms with Crippen molar-refractivity contribution < 1.29 is 4.79 Å². The molecule has 1 unspecified atom stereocenters. The number of aryl methyl sites for hydroxylation is 1. The highest BCUT2D eigenvalue weighted by molar-refractivity contribution is 5.82. The van der Waals surface area contributed by atoms with Gasteiger partial charge in [0, 0.05) is 24.5 Å². The number of piperidine rings is 1. The van der Waals surface area contributed by atoms with Crippen molar-refractivity contribution in [3.05, 3.63) is 29.6 Å². The zero-order valence-corrected chi connectivity index (χ0v) is 13.3. The fourth-order valence-corrected chi connectivity index (χ4v) is 3.67. The highest BCUT2D eigenvalue weighted by Gasteiger charge is 2.35. The number of pyridine rings is 1. The van der Waals surface area contributed by atoms with E-state index in [2.05, 4.69) is 20.5 Å². The van der Waals surface area contributed by atoms with Crippen LogP contribution in [0, 0.1) is 6.92 Å². The van der Waals surface area contributed by atoms with Gasteiger partial charge in [-0.2, -0.15) is 0 Å². The van der Waals surface area contributed by atoms with Gasteiger partial charge in [-0.3, -0.25) is 14.7 Å². The van der Waals surface area contributed by atoms with E-state index in [-0.39, 0.29) is 11.9 Å². The van der Waals surface area contributed by atoms with Crippen molar-refractivity contribution in [2.24, 2.45) is 0 Å². The van der Waals surface area contributed by atoms with E-state index < -0.39 is 0 Å². The van der Waals surface area contributed by atoms with E-state index in [9.17, 15) is 4.79 Å². The van der Waals surface area contributed by atoms with E-state index in [0.29, 0.717) is 12.6 Å². The van der Waals surface area contributed by atoms with E-state index in [4.69, 9.17) is 0 Å². The third-order valence-electron chi connectivity index (χ3n) is 4.80. The van der Waals surface area contributed by atoms with Gasteiger partial charge in [-0.15, -0.1) is 0 Å². The molecule has 0 aliphatic carbocycles. The summed E-state index contributed by atoms with van der Waals surface area (Å²) in [5.74, 6) is 0.186. The average molecular weight is 302 g/mol. The number of carbonyl (C=O) groups excluding carboxylic acids is 1. The Morgan fingerprint density at radius 2 is 2.23 bits per heavy atom. The average Bonchev–Trinajstić information content (AvgIpc) is 3.03. The highest BCUT2D eigenvalue weighted by atomic mass is 16.2. The van der Waals surface area contributed by atoms with Crippen molar-refractivity contribution in [3.8, 4) is 0 Å². The molecule has 0 spiro atoms. The summed E-state index contributed by atoms with van der Waals surface area (Å²) >= 11 is 0. The van der Waals surface area contributed by atoms with Gasteiger partial charge in [-0.25, -0.2) is 0 Å². The molecule has 2 aliphatic rings. The Bertz CT molecular complexity index is 513. The fraction of sp³-hybridized carbons (Fsp3) is 0.647. The van der Waals surface area contributed by atoms with Crippen molar-refractivity contribution in [1.29, 1.82) is 0 Å². The Hall–Kier alpha value is -1.46. The third-order valence-corrected chi connectivity index (χ3v) is 4.80. The lowest BCUT2D eigenvalue weighted by Crippen LogP contribution is -2.50. The number of hydrogen-bond donors (Lipinski definition) is 2. The number of aromatic nitrogens is 1.